The van der Waals surface area contributed by atoms with Gasteiger partial charge in [-0.05, 0) is 19.8 Å². The Morgan fingerprint density at radius 1 is 1.00 bits per heavy atom. The highest BCUT2D eigenvalue weighted by Gasteiger charge is 2.20. The third-order valence-electron chi connectivity index (χ3n) is 4.59. The summed E-state index contributed by atoms with van der Waals surface area (Å²) in [6.07, 6.45) is 12.0. The monoisotopic (exact) mass is 300 g/mol. The van der Waals surface area contributed by atoms with Gasteiger partial charge in [0, 0.05) is 32.3 Å². The largest absolute Gasteiger partial charge is 0.383 e. The van der Waals surface area contributed by atoms with E-state index in [1.54, 1.807) is 7.11 Å². The Balaban J connectivity index is 4.01. The van der Waals surface area contributed by atoms with Crippen molar-refractivity contribution in [1.29, 1.82) is 0 Å². The second kappa shape index (κ2) is 14.8. The van der Waals surface area contributed by atoms with E-state index in [0.29, 0.717) is 12.1 Å². The zero-order valence-electron chi connectivity index (χ0n) is 15.1. The van der Waals surface area contributed by atoms with Gasteiger partial charge in [-0.2, -0.15) is 0 Å². The topological polar surface area (TPSA) is 38.5 Å². The molecule has 0 rings (SSSR count). The van der Waals surface area contributed by atoms with Gasteiger partial charge in [-0.25, -0.2) is 0 Å². The van der Waals surface area contributed by atoms with Crippen LogP contribution in [0.2, 0.25) is 0 Å². The van der Waals surface area contributed by atoms with Crippen molar-refractivity contribution in [2.24, 2.45) is 5.73 Å². The zero-order chi connectivity index (χ0) is 15.9. The maximum absolute atomic E-state index is 6.04. The van der Waals surface area contributed by atoms with Crippen molar-refractivity contribution in [3.8, 4) is 0 Å². The zero-order valence-corrected chi connectivity index (χ0v) is 15.1. The van der Waals surface area contributed by atoms with E-state index in [-0.39, 0.29) is 0 Å². The Labute approximate surface area is 133 Å². The van der Waals surface area contributed by atoms with Gasteiger partial charge in [-0.1, -0.05) is 58.8 Å². The van der Waals surface area contributed by atoms with Crippen molar-refractivity contribution in [3.05, 3.63) is 0 Å². The Hall–Kier alpha value is -0.120. The number of unbranched alkanes of at least 4 members (excludes halogenated alkanes) is 6. The van der Waals surface area contributed by atoms with Crippen LogP contribution in [-0.2, 0) is 4.74 Å². The van der Waals surface area contributed by atoms with Gasteiger partial charge in [-0.15, -0.1) is 0 Å². The Kier molecular flexibility index (Phi) is 14.7. The van der Waals surface area contributed by atoms with E-state index in [2.05, 4.69) is 25.7 Å². The second-order valence-electron chi connectivity index (χ2n) is 6.29. The lowest BCUT2D eigenvalue weighted by atomic mass is 10.0. The van der Waals surface area contributed by atoms with Gasteiger partial charge >= 0.3 is 0 Å². The van der Waals surface area contributed by atoms with Gasteiger partial charge < -0.3 is 10.5 Å². The smallest absolute Gasteiger partial charge is 0.0589 e. The van der Waals surface area contributed by atoms with Crippen LogP contribution in [-0.4, -0.2) is 43.8 Å². The van der Waals surface area contributed by atoms with E-state index in [4.69, 9.17) is 10.5 Å². The lowest BCUT2D eigenvalue weighted by Crippen LogP contribution is -2.47. The molecule has 3 heteroatoms. The molecule has 0 radical (unpaired) electrons. The lowest BCUT2D eigenvalue weighted by molar-refractivity contribution is 0.0857. The summed E-state index contributed by atoms with van der Waals surface area (Å²) in [6.45, 7) is 9.41. The maximum Gasteiger partial charge on any atom is 0.0589 e. The molecule has 0 bridgehead atoms. The van der Waals surface area contributed by atoms with Gasteiger partial charge in [0.25, 0.3) is 0 Å². The first kappa shape index (κ1) is 20.9. The molecule has 2 atom stereocenters. The van der Waals surface area contributed by atoms with Crippen LogP contribution >= 0.6 is 0 Å². The van der Waals surface area contributed by atoms with Crippen molar-refractivity contribution in [2.75, 3.05) is 26.8 Å². The molecule has 0 heterocycles. The number of hydrogen-bond donors (Lipinski definition) is 1. The molecule has 2 unspecified atom stereocenters. The minimum Gasteiger partial charge on any atom is -0.383 e. The number of nitrogens with two attached hydrogens (primary N) is 1. The summed E-state index contributed by atoms with van der Waals surface area (Å²) in [4.78, 5) is 2.56. The van der Waals surface area contributed by atoms with E-state index in [1.807, 2.05) is 0 Å². The van der Waals surface area contributed by atoms with Crippen molar-refractivity contribution in [1.82, 2.24) is 4.90 Å². The van der Waals surface area contributed by atoms with Crippen molar-refractivity contribution >= 4 is 0 Å². The summed E-state index contributed by atoms with van der Waals surface area (Å²) in [7, 11) is 1.78. The van der Waals surface area contributed by atoms with E-state index < -0.39 is 0 Å². The molecule has 0 amide bonds. The SMILES string of the molecule is CCCCCCCCCC(CN)N(CCOC)C(C)CC. The summed E-state index contributed by atoms with van der Waals surface area (Å²) in [5, 5.41) is 0. The third kappa shape index (κ3) is 10.3. The molecule has 0 spiro atoms. The average Bonchev–Trinajstić information content (AvgIpc) is 2.51. The molecule has 0 aromatic heterocycles. The van der Waals surface area contributed by atoms with Crippen molar-refractivity contribution < 1.29 is 4.74 Å². The molecule has 0 aromatic rings. The Morgan fingerprint density at radius 3 is 2.14 bits per heavy atom. The standard InChI is InChI=1S/C18H40N2O/c1-5-7-8-9-10-11-12-13-18(16-19)20(14-15-21-4)17(3)6-2/h17-18H,5-16,19H2,1-4H3. The lowest BCUT2D eigenvalue weighted by Gasteiger charge is -2.35. The van der Waals surface area contributed by atoms with Crippen LogP contribution in [0.25, 0.3) is 0 Å². The summed E-state index contributed by atoms with van der Waals surface area (Å²) < 4.78 is 5.26. The first-order valence-electron chi connectivity index (χ1n) is 9.15. The highest BCUT2D eigenvalue weighted by Crippen LogP contribution is 2.16. The highest BCUT2D eigenvalue weighted by molar-refractivity contribution is 4.77. The minimum atomic E-state index is 0.519. The minimum absolute atomic E-state index is 0.519. The summed E-state index contributed by atoms with van der Waals surface area (Å²) in [5.41, 5.74) is 6.04. The van der Waals surface area contributed by atoms with E-state index in [9.17, 15) is 0 Å². The Bertz CT molecular complexity index is 211. The van der Waals surface area contributed by atoms with Gasteiger partial charge in [0.15, 0.2) is 0 Å². The molecule has 0 aliphatic carbocycles. The number of hydrogen-bond acceptors (Lipinski definition) is 3. The predicted octanol–water partition coefficient (Wildman–Crippen LogP) is 4.20. The van der Waals surface area contributed by atoms with Crippen molar-refractivity contribution in [2.45, 2.75) is 90.6 Å². The van der Waals surface area contributed by atoms with Gasteiger partial charge in [0.1, 0.15) is 0 Å². The highest BCUT2D eigenvalue weighted by atomic mass is 16.5. The summed E-state index contributed by atoms with van der Waals surface area (Å²) >= 11 is 0. The van der Waals surface area contributed by atoms with Crippen LogP contribution in [0.3, 0.4) is 0 Å². The first-order valence-corrected chi connectivity index (χ1v) is 9.15. The number of ether oxygens (including phenoxy) is 1. The van der Waals surface area contributed by atoms with Crippen LogP contribution in [0.1, 0.15) is 78.6 Å². The molecular weight excluding hydrogens is 260 g/mol. The predicted molar refractivity (Wildman–Crippen MR) is 93.8 cm³/mol. The van der Waals surface area contributed by atoms with Crippen LogP contribution in [0.15, 0.2) is 0 Å². The molecule has 21 heavy (non-hydrogen) atoms. The molecular formula is C18H40N2O. The number of rotatable bonds is 15. The van der Waals surface area contributed by atoms with Crippen LogP contribution in [0.4, 0.5) is 0 Å². The first-order chi connectivity index (χ1) is 10.2. The van der Waals surface area contributed by atoms with E-state index >= 15 is 0 Å². The molecule has 3 nitrogen and oxygen atoms in total. The fourth-order valence-electron chi connectivity index (χ4n) is 2.95. The summed E-state index contributed by atoms with van der Waals surface area (Å²) in [5.74, 6) is 0. The van der Waals surface area contributed by atoms with Crippen molar-refractivity contribution in [3.63, 3.8) is 0 Å². The van der Waals surface area contributed by atoms with Gasteiger partial charge in [0.2, 0.25) is 0 Å². The fraction of sp³-hybridized carbons (Fsp3) is 1.00. The molecule has 0 fully saturated rings. The van der Waals surface area contributed by atoms with E-state index in [0.717, 1.165) is 19.7 Å². The Morgan fingerprint density at radius 2 is 1.62 bits per heavy atom. The number of nitrogens with zero attached hydrogens (tertiary/aromatic N) is 1. The number of methoxy groups -OCH3 is 1. The molecule has 128 valence electrons. The molecule has 2 N–H and O–H groups in total. The molecule has 0 aliphatic rings. The summed E-state index contributed by atoms with van der Waals surface area (Å²) in [6, 6.07) is 1.11. The maximum atomic E-state index is 6.04. The quantitative estimate of drug-likeness (QED) is 0.461. The van der Waals surface area contributed by atoms with Gasteiger partial charge in [0.05, 0.1) is 6.61 Å². The second-order valence-corrected chi connectivity index (χ2v) is 6.29. The molecule has 0 aliphatic heterocycles. The van der Waals surface area contributed by atoms with E-state index in [1.165, 1.54) is 57.8 Å². The van der Waals surface area contributed by atoms with Crippen LogP contribution in [0, 0.1) is 0 Å². The molecule has 0 aromatic carbocycles. The normalized spacial score (nSPS) is 14.6. The molecule has 0 saturated heterocycles. The van der Waals surface area contributed by atoms with Gasteiger partial charge in [-0.3, -0.25) is 4.90 Å². The third-order valence-corrected chi connectivity index (χ3v) is 4.59. The average molecular weight is 301 g/mol. The van der Waals surface area contributed by atoms with Crippen LogP contribution < -0.4 is 5.73 Å². The molecule has 0 saturated carbocycles. The van der Waals surface area contributed by atoms with Crippen LogP contribution in [0.5, 0.6) is 0 Å². The fourth-order valence-corrected chi connectivity index (χ4v) is 2.95.